The average molecular weight is 187 g/mol. The van der Waals surface area contributed by atoms with Crippen LogP contribution in [0, 0.1) is 0 Å². The van der Waals surface area contributed by atoms with Gasteiger partial charge in [0.2, 0.25) is 5.91 Å². The predicted molar refractivity (Wildman–Crippen MR) is 48.3 cm³/mol. The van der Waals surface area contributed by atoms with E-state index in [2.05, 4.69) is 0 Å². The molecule has 0 aromatic heterocycles. The molecule has 1 aliphatic rings. The van der Waals surface area contributed by atoms with E-state index in [1.165, 1.54) is 0 Å². The van der Waals surface area contributed by atoms with Gasteiger partial charge in [0.05, 0.1) is 18.8 Å². The first kappa shape index (κ1) is 10.5. The van der Waals surface area contributed by atoms with Gasteiger partial charge in [0.15, 0.2) is 0 Å². The lowest BCUT2D eigenvalue weighted by Crippen LogP contribution is -2.37. The van der Waals surface area contributed by atoms with Gasteiger partial charge in [0.25, 0.3) is 0 Å². The van der Waals surface area contributed by atoms with Gasteiger partial charge in [-0.3, -0.25) is 4.79 Å². The molecular weight excluding hydrogens is 170 g/mol. The van der Waals surface area contributed by atoms with E-state index >= 15 is 0 Å². The number of methoxy groups -OCH3 is 1. The van der Waals surface area contributed by atoms with Crippen molar-refractivity contribution in [1.29, 1.82) is 0 Å². The second kappa shape index (κ2) is 4.58. The number of carbonyl (C=O) groups excluding carboxylic acids is 1. The number of hydrogen-bond donors (Lipinski definition) is 1. The number of amides is 1. The minimum Gasteiger partial charge on any atom is -0.394 e. The number of rotatable bonds is 3. The van der Waals surface area contributed by atoms with Crippen molar-refractivity contribution in [2.24, 2.45) is 0 Å². The Morgan fingerprint density at radius 2 is 2.38 bits per heavy atom. The molecule has 1 fully saturated rings. The number of aliphatic hydroxyl groups is 1. The predicted octanol–water partition coefficient (Wildman–Crippen LogP) is 0.00460. The van der Waals surface area contributed by atoms with Crippen molar-refractivity contribution in [1.82, 2.24) is 4.90 Å². The molecule has 1 amide bonds. The summed E-state index contributed by atoms with van der Waals surface area (Å²) < 4.78 is 5.16. The summed E-state index contributed by atoms with van der Waals surface area (Å²) in [5.74, 6) is 0.0959. The lowest BCUT2D eigenvalue weighted by atomic mass is 10.2. The summed E-state index contributed by atoms with van der Waals surface area (Å²) in [6, 6.07) is -0.0441. The smallest absolute Gasteiger partial charge is 0.222 e. The minimum absolute atomic E-state index is 0.0333. The minimum atomic E-state index is -0.0441. The highest BCUT2D eigenvalue weighted by Gasteiger charge is 2.33. The Balaban J connectivity index is 2.57. The van der Waals surface area contributed by atoms with Crippen LogP contribution in [-0.4, -0.2) is 48.3 Å². The maximum absolute atomic E-state index is 11.4. The standard InChI is InChI=1S/C9H17NO3/c1-3-9(12)10-5-8(13-2)4-7(10)6-11/h7-8,11H,3-6H2,1-2H3/t7-,8+/m0/s1. The Bertz CT molecular complexity index is 184. The van der Waals surface area contributed by atoms with Crippen LogP contribution in [0.5, 0.6) is 0 Å². The molecule has 0 saturated carbocycles. The van der Waals surface area contributed by atoms with Gasteiger partial charge in [-0.2, -0.15) is 0 Å². The Morgan fingerprint density at radius 1 is 1.69 bits per heavy atom. The maximum Gasteiger partial charge on any atom is 0.222 e. The van der Waals surface area contributed by atoms with Crippen molar-refractivity contribution in [3.8, 4) is 0 Å². The maximum atomic E-state index is 11.4. The highest BCUT2D eigenvalue weighted by atomic mass is 16.5. The average Bonchev–Trinajstić information content (AvgIpc) is 2.59. The zero-order valence-corrected chi connectivity index (χ0v) is 8.19. The highest BCUT2D eigenvalue weighted by Crippen LogP contribution is 2.20. The van der Waals surface area contributed by atoms with Crippen LogP contribution in [0.3, 0.4) is 0 Å². The summed E-state index contributed by atoms with van der Waals surface area (Å²) in [5.41, 5.74) is 0. The van der Waals surface area contributed by atoms with Gasteiger partial charge >= 0.3 is 0 Å². The molecule has 1 aliphatic heterocycles. The number of likely N-dealkylation sites (tertiary alicyclic amines) is 1. The second-order valence-corrected chi connectivity index (χ2v) is 3.33. The molecule has 0 radical (unpaired) electrons. The second-order valence-electron chi connectivity index (χ2n) is 3.33. The number of hydrogen-bond acceptors (Lipinski definition) is 3. The van der Waals surface area contributed by atoms with E-state index in [0.717, 1.165) is 6.42 Å². The number of nitrogens with zero attached hydrogens (tertiary/aromatic N) is 1. The van der Waals surface area contributed by atoms with E-state index in [0.29, 0.717) is 13.0 Å². The largest absolute Gasteiger partial charge is 0.394 e. The summed E-state index contributed by atoms with van der Waals surface area (Å²) in [5, 5.41) is 9.04. The normalized spacial score (nSPS) is 28.1. The van der Waals surface area contributed by atoms with Gasteiger partial charge in [-0.1, -0.05) is 6.92 Å². The molecule has 1 saturated heterocycles. The van der Waals surface area contributed by atoms with E-state index < -0.39 is 0 Å². The fourth-order valence-corrected chi connectivity index (χ4v) is 1.73. The van der Waals surface area contributed by atoms with Gasteiger partial charge in [0.1, 0.15) is 0 Å². The van der Waals surface area contributed by atoms with Crippen LogP contribution < -0.4 is 0 Å². The summed E-state index contributed by atoms with van der Waals surface area (Å²) in [6.07, 6.45) is 1.33. The molecule has 0 spiro atoms. The van der Waals surface area contributed by atoms with E-state index in [-0.39, 0.29) is 24.7 Å². The van der Waals surface area contributed by atoms with Crippen molar-refractivity contribution in [3.63, 3.8) is 0 Å². The summed E-state index contributed by atoms with van der Waals surface area (Å²) in [4.78, 5) is 13.1. The lowest BCUT2D eigenvalue weighted by Gasteiger charge is -2.21. The van der Waals surface area contributed by atoms with Crippen LogP contribution in [0.1, 0.15) is 19.8 Å². The van der Waals surface area contributed by atoms with Crippen molar-refractivity contribution in [2.75, 3.05) is 20.3 Å². The highest BCUT2D eigenvalue weighted by molar-refractivity contribution is 5.76. The number of aliphatic hydroxyl groups excluding tert-OH is 1. The quantitative estimate of drug-likeness (QED) is 0.677. The molecule has 1 heterocycles. The Hall–Kier alpha value is -0.610. The summed E-state index contributed by atoms with van der Waals surface area (Å²) in [6.45, 7) is 2.48. The van der Waals surface area contributed by atoms with E-state index in [1.807, 2.05) is 6.92 Å². The fourth-order valence-electron chi connectivity index (χ4n) is 1.73. The third kappa shape index (κ3) is 2.19. The Morgan fingerprint density at radius 3 is 2.85 bits per heavy atom. The monoisotopic (exact) mass is 187 g/mol. The van der Waals surface area contributed by atoms with Crippen LogP contribution in [0.4, 0.5) is 0 Å². The Kier molecular flexibility index (Phi) is 3.69. The molecule has 0 aliphatic carbocycles. The lowest BCUT2D eigenvalue weighted by molar-refractivity contribution is -0.132. The molecule has 1 rings (SSSR count). The molecule has 13 heavy (non-hydrogen) atoms. The number of carbonyl (C=O) groups is 1. The van der Waals surface area contributed by atoms with Crippen molar-refractivity contribution in [2.45, 2.75) is 31.9 Å². The Labute approximate surface area is 78.5 Å². The molecule has 0 unspecified atom stereocenters. The number of ether oxygens (including phenoxy) is 1. The summed E-state index contributed by atoms with van der Waals surface area (Å²) in [7, 11) is 1.64. The molecule has 4 heteroatoms. The molecule has 76 valence electrons. The van der Waals surface area contributed by atoms with Crippen LogP contribution in [0.2, 0.25) is 0 Å². The molecular formula is C9H17NO3. The van der Waals surface area contributed by atoms with Gasteiger partial charge in [-0.05, 0) is 6.42 Å². The van der Waals surface area contributed by atoms with Crippen molar-refractivity contribution < 1.29 is 14.6 Å². The molecule has 0 aromatic carbocycles. The van der Waals surface area contributed by atoms with Gasteiger partial charge in [-0.15, -0.1) is 0 Å². The van der Waals surface area contributed by atoms with Crippen LogP contribution in [-0.2, 0) is 9.53 Å². The van der Waals surface area contributed by atoms with Crippen LogP contribution in [0.15, 0.2) is 0 Å². The molecule has 0 bridgehead atoms. The van der Waals surface area contributed by atoms with Crippen LogP contribution >= 0.6 is 0 Å². The van der Waals surface area contributed by atoms with Crippen LogP contribution in [0.25, 0.3) is 0 Å². The zero-order valence-electron chi connectivity index (χ0n) is 8.19. The third-order valence-corrected chi connectivity index (χ3v) is 2.54. The molecule has 2 atom stereocenters. The van der Waals surface area contributed by atoms with E-state index in [4.69, 9.17) is 9.84 Å². The zero-order chi connectivity index (χ0) is 9.84. The molecule has 4 nitrogen and oxygen atoms in total. The molecule has 1 N–H and O–H groups in total. The topological polar surface area (TPSA) is 49.8 Å². The first-order chi connectivity index (χ1) is 6.22. The first-order valence-electron chi connectivity index (χ1n) is 4.66. The van der Waals surface area contributed by atoms with Gasteiger partial charge < -0.3 is 14.7 Å². The van der Waals surface area contributed by atoms with E-state index in [9.17, 15) is 4.79 Å². The summed E-state index contributed by atoms with van der Waals surface area (Å²) >= 11 is 0. The first-order valence-corrected chi connectivity index (χ1v) is 4.66. The van der Waals surface area contributed by atoms with Gasteiger partial charge in [-0.25, -0.2) is 0 Å². The van der Waals surface area contributed by atoms with E-state index in [1.54, 1.807) is 12.0 Å². The van der Waals surface area contributed by atoms with Gasteiger partial charge in [0, 0.05) is 20.1 Å². The van der Waals surface area contributed by atoms with Crippen molar-refractivity contribution in [3.05, 3.63) is 0 Å². The fraction of sp³-hybridized carbons (Fsp3) is 0.889. The van der Waals surface area contributed by atoms with Crippen molar-refractivity contribution >= 4 is 5.91 Å². The molecule has 0 aromatic rings. The SMILES string of the molecule is CCC(=O)N1C[C@H](OC)C[C@H]1CO. The third-order valence-electron chi connectivity index (χ3n) is 2.54.